The molecule has 2 rings (SSSR count). The van der Waals surface area contributed by atoms with E-state index in [4.69, 9.17) is 0 Å². The summed E-state index contributed by atoms with van der Waals surface area (Å²) in [4.78, 5) is 25.8. The molecule has 0 unspecified atom stereocenters. The van der Waals surface area contributed by atoms with Crippen molar-refractivity contribution in [1.82, 2.24) is 10.1 Å². The number of aryl methyl sites for hydroxylation is 1. The van der Waals surface area contributed by atoms with E-state index in [1.165, 1.54) is 17.2 Å². The third kappa shape index (κ3) is 4.45. The molecule has 0 saturated heterocycles. The summed E-state index contributed by atoms with van der Waals surface area (Å²) >= 11 is 0. The summed E-state index contributed by atoms with van der Waals surface area (Å²) in [5.41, 5.74) is 2.77. The van der Waals surface area contributed by atoms with E-state index in [-0.39, 0.29) is 25.0 Å². The summed E-state index contributed by atoms with van der Waals surface area (Å²) in [5, 5.41) is 8.97. The molecule has 0 atom stereocenters. The number of benzene rings is 1. The van der Waals surface area contributed by atoms with Crippen LogP contribution in [0.2, 0.25) is 0 Å². The van der Waals surface area contributed by atoms with Gasteiger partial charge < -0.3 is 20.1 Å². The second-order valence-corrected chi connectivity index (χ2v) is 5.28. The van der Waals surface area contributed by atoms with Gasteiger partial charge in [-0.05, 0) is 31.0 Å². The number of carbonyl (C=O) groups excluding carboxylic acids is 2. The van der Waals surface area contributed by atoms with Crippen LogP contribution >= 0.6 is 0 Å². The minimum absolute atomic E-state index is 0.129. The lowest BCUT2D eigenvalue weighted by Gasteiger charge is -2.21. The standard InChI is InChI=1S/C17H20N4O3/c1-4-9-21(11-16(22)19-15-8-10-24-20-15)17(23)18-14-7-5-6-12(2)13(14)3/h4-8,10H,1,9,11H2,2-3H3,(H,18,23)(H,19,20,22). The number of nitrogens with one attached hydrogen (secondary N) is 2. The lowest BCUT2D eigenvalue weighted by Crippen LogP contribution is -2.40. The molecule has 0 fully saturated rings. The molecular weight excluding hydrogens is 308 g/mol. The van der Waals surface area contributed by atoms with Gasteiger partial charge in [0.15, 0.2) is 5.82 Å². The number of urea groups is 1. The van der Waals surface area contributed by atoms with Crippen LogP contribution in [-0.2, 0) is 4.79 Å². The van der Waals surface area contributed by atoms with Crippen LogP contribution in [0.4, 0.5) is 16.3 Å². The number of nitrogens with zero attached hydrogens (tertiary/aromatic N) is 2. The number of carbonyl (C=O) groups is 2. The highest BCUT2D eigenvalue weighted by Gasteiger charge is 2.17. The topological polar surface area (TPSA) is 87.5 Å². The maximum atomic E-state index is 12.5. The first-order chi connectivity index (χ1) is 11.5. The molecule has 7 heteroatoms. The van der Waals surface area contributed by atoms with Crippen LogP contribution < -0.4 is 10.6 Å². The van der Waals surface area contributed by atoms with Crippen molar-refractivity contribution in [2.45, 2.75) is 13.8 Å². The SMILES string of the molecule is C=CCN(CC(=O)Nc1ccon1)C(=O)Nc1cccc(C)c1C. The monoisotopic (exact) mass is 328 g/mol. The highest BCUT2D eigenvalue weighted by molar-refractivity contribution is 5.96. The zero-order chi connectivity index (χ0) is 17.5. The molecule has 0 aliphatic heterocycles. The number of hydrogen-bond acceptors (Lipinski definition) is 4. The Bertz CT molecular complexity index is 725. The van der Waals surface area contributed by atoms with Gasteiger partial charge in [0.2, 0.25) is 5.91 Å². The van der Waals surface area contributed by atoms with Gasteiger partial charge in [-0.25, -0.2) is 4.79 Å². The molecule has 2 aromatic rings. The first-order valence-electron chi connectivity index (χ1n) is 7.44. The van der Waals surface area contributed by atoms with E-state index in [2.05, 4.69) is 26.9 Å². The van der Waals surface area contributed by atoms with Gasteiger partial charge in [-0.15, -0.1) is 6.58 Å². The molecular formula is C17H20N4O3. The van der Waals surface area contributed by atoms with Crippen molar-refractivity contribution >= 4 is 23.4 Å². The van der Waals surface area contributed by atoms with Crippen molar-refractivity contribution in [3.8, 4) is 0 Å². The first kappa shape index (κ1) is 17.3. The number of anilines is 2. The molecule has 0 aliphatic carbocycles. The number of rotatable bonds is 6. The van der Waals surface area contributed by atoms with Crippen LogP contribution in [0.15, 0.2) is 47.7 Å². The second-order valence-electron chi connectivity index (χ2n) is 5.28. The third-order valence-corrected chi connectivity index (χ3v) is 3.52. The lowest BCUT2D eigenvalue weighted by molar-refractivity contribution is -0.116. The van der Waals surface area contributed by atoms with Crippen LogP contribution in [0.3, 0.4) is 0 Å². The van der Waals surface area contributed by atoms with E-state index < -0.39 is 0 Å². The van der Waals surface area contributed by atoms with Crippen LogP contribution in [0.25, 0.3) is 0 Å². The Hall–Kier alpha value is -3.09. The molecule has 0 spiro atoms. The summed E-state index contributed by atoms with van der Waals surface area (Å²) in [6, 6.07) is 6.80. The average Bonchev–Trinajstić information content (AvgIpc) is 3.04. The minimum atomic E-state index is -0.376. The molecule has 24 heavy (non-hydrogen) atoms. The Morgan fingerprint density at radius 1 is 1.29 bits per heavy atom. The van der Waals surface area contributed by atoms with Crippen LogP contribution in [0.1, 0.15) is 11.1 Å². The molecule has 3 amide bonds. The number of hydrogen-bond donors (Lipinski definition) is 2. The third-order valence-electron chi connectivity index (χ3n) is 3.52. The summed E-state index contributed by atoms with van der Waals surface area (Å²) in [6.45, 7) is 7.63. The fourth-order valence-corrected chi connectivity index (χ4v) is 2.09. The fourth-order valence-electron chi connectivity index (χ4n) is 2.09. The zero-order valence-corrected chi connectivity index (χ0v) is 13.7. The van der Waals surface area contributed by atoms with Gasteiger partial charge in [-0.3, -0.25) is 4.79 Å². The second kappa shape index (κ2) is 7.96. The molecule has 1 heterocycles. The molecule has 1 aromatic carbocycles. The lowest BCUT2D eigenvalue weighted by atomic mass is 10.1. The van der Waals surface area contributed by atoms with E-state index >= 15 is 0 Å². The molecule has 126 valence electrons. The van der Waals surface area contributed by atoms with E-state index in [1.807, 2.05) is 32.0 Å². The number of amides is 3. The van der Waals surface area contributed by atoms with Crippen molar-refractivity contribution in [3.05, 3.63) is 54.3 Å². The normalized spacial score (nSPS) is 10.1. The van der Waals surface area contributed by atoms with E-state index in [1.54, 1.807) is 6.08 Å². The zero-order valence-electron chi connectivity index (χ0n) is 13.7. The molecule has 0 bridgehead atoms. The highest BCUT2D eigenvalue weighted by atomic mass is 16.5. The van der Waals surface area contributed by atoms with Gasteiger partial charge in [-0.2, -0.15) is 0 Å². The summed E-state index contributed by atoms with van der Waals surface area (Å²) < 4.78 is 4.64. The largest absolute Gasteiger partial charge is 0.363 e. The van der Waals surface area contributed by atoms with E-state index in [9.17, 15) is 9.59 Å². The van der Waals surface area contributed by atoms with Crippen LogP contribution in [0, 0.1) is 13.8 Å². The maximum Gasteiger partial charge on any atom is 0.322 e. The van der Waals surface area contributed by atoms with Crippen molar-refractivity contribution in [2.75, 3.05) is 23.7 Å². The van der Waals surface area contributed by atoms with Gasteiger partial charge >= 0.3 is 6.03 Å². The molecule has 7 nitrogen and oxygen atoms in total. The van der Waals surface area contributed by atoms with Gasteiger partial charge in [-0.1, -0.05) is 23.4 Å². The highest BCUT2D eigenvalue weighted by Crippen LogP contribution is 2.18. The predicted molar refractivity (Wildman–Crippen MR) is 91.8 cm³/mol. The minimum Gasteiger partial charge on any atom is -0.363 e. The molecule has 0 saturated carbocycles. The van der Waals surface area contributed by atoms with Crippen molar-refractivity contribution in [2.24, 2.45) is 0 Å². The maximum absolute atomic E-state index is 12.5. The van der Waals surface area contributed by atoms with Gasteiger partial charge in [0, 0.05) is 18.3 Å². The van der Waals surface area contributed by atoms with Gasteiger partial charge in [0.05, 0.1) is 0 Å². The Morgan fingerprint density at radius 3 is 2.75 bits per heavy atom. The Balaban J connectivity index is 2.03. The van der Waals surface area contributed by atoms with Gasteiger partial charge in [0.1, 0.15) is 12.8 Å². The predicted octanol–water partition coefficient (Wildman–Crippen LogP) is 2.95. The van der Waals surface area contributed by atoms with Crippen LogP contribution in [-0.4, -0.2) is 35.1 Å². The number of aromatic nitrogens is 1. The quantitative estimate of drug-likeness (QED) is 0.798. The summed E-state index contributed by atoms with van der Waals surface area (Å²) in [7, 11) is 0. The van der Waals surface area contributed by atoms with E-state index in [0.29, 0.717) is 11.5 Å². The van der Waals surface area contributed by atoms with Crippen LogP contribution in [0.5, 0.6) is 0 Å². The summed E-state index contributed by atoms with van der Waals surface area (Å²) in [5.74, 6) is -0.0737. The van der Waals surface area contributed by atoms with E-state index in [0.717, 1.165) is 11.1 Å². The Labute approximate surface area is 140 Å². The van der Waals surface area contributed by atoms with Crippen molar-refractivity contribution in [1.29, 1.82) is 0 Å². The Kier molecular flexibility index (Phi) is 5.73. The smallest absolute Gasteiger partial charge is 0.322 e. The molecule has 2 N–H and O–H groups in total. The molecule has 0 radical (unpaired) electrons. The van der Waals surface area contributed by atoms with Crippen molar-refractivity contribution < 1.29 is 14.1 Å². The molecule has 1 aromatic heterocycles. The van der Waals surface area contributed by atoms with Gasteiger partial charge in [0.25, 0.3) is 0 Å². The molecule has 0 aliphatic rings. The Morgan fingerprint density at radius 2 is 2.08 bits per heavy atom. The van der Waals surface area contributed by atoms with Crippen molar-refractivity contribution in [3.63, 3.8) is 0 Å². The summed E-state index contributed by atoms with van der Waals surface area (Å²) in [6.07, 6.45) is 2.91. The fraction of sp³-hybridized carbons (Fsp3) is 0.235. The first-order valence-corrected chi connectivity index (χ1v) is 7.44. The average molecular weight is 328 g/mol.